The average Bonchev–Trinajstić information content (AvgIpc) is 3.10. The summed E-state index contributed by atoms with van der Waals surface area (Å²) in [5.41, 5.74) is 1.16. The molecule has 1 aromatic heterocycles. The number of rotatable bonds is 2. The van der Waals surface area contributed by atoms with Gasteiger partial charge in [-0.3, -0.25) is 9.69 Å². The summed E-state index contributed by atoms with van der Waals surface area (Å²) >= 11 is 0. The van der Waals surface area contributed by atoms with Crippen LogP contribution in [0.15, 0.2) is 6.07 Å². The smallest absolute Gasteiger partial charge is 0.245 e. The fourth-order valence-electron chi connectivity index (χ4n) is 2.43. The van der Waals surface area contributed by atoms with Crippen molar-refractivity contribution in [2.24, 2.45) is 0 Å². The molecule has 1 atom stereocenters. The van der Waals surface area contributed by atoms with Crippen LogP contribution in [0, 0.1) is 0 Å². The van der Waals surface area contributed by atoms with Crippen molar-refractivity contribution < 1.29 is 4.79 Å². The minimum Gasteiger partial charge on any atom is -0.309 e. The molecule has 0 bridgehead atoms. The van der Waals surface area contributed by atoms with Crippen molar-refractivity contribution in [3.05, 3.63) is 11.8 Å². The first kappa shape index (κ1) is 10.8. The highest BCUT2D eigenvalue weighted by molar-refractivity contribution is 5.96. The van der Waals surface area contributed by atoms with Crippen LogP contribution in [0.1, 0.15) is 30.9 Å². The first-order valence-electron chi connectivity index (χ1n) is 6.23. The van der Waals surface area contributed by atoms with E-state index in [1.165, 1.54) is 12.8 Å². The molecule has 3 rings (SSSR count). The number of nitrogens with zero attached hydrogens (tertiary/aromatic N) is 3. The Morgan fingerprint density at radius 3 is 2.82 bits per heavy atom. The second kappa shape index (κ2) is 3.84. The maximum atomic E-state index is 12.2. The third-order valence-electron chi connectivity index (χ3n) is 3.72. The largest absolute Gasteiger partial charge is 0.309 e. The minimum absolute atomic E-state index is 0.0916. The lowest BCUT2D eigenvalue weighted by atomic mass is 10.2. The molecule has 1 saturated carbocycles. The van der Waals surface area contributed by atoms with E-state index in [1.54, 1.807) is 4.90 Å². The van der Waals surface area contributed by atoms with Crippen molar-refractivity contribution in [1.82, 2.24) is 15.1 Å². The topological polar surface area (TPSA) is 50.2 Å². The van der Waals surface area contributed by atoms with E-state index < -0.39 is 0 Å². The van der Waals surface area contributed by atoms with Crippen molar-refractivity contribution in [3.8, 4) is 0 Å². The Kier molecular flexibility index (Phi) is 2.43. The van der Waals surface area contributed by atoms with Gasteiger partial charge in [0.2, 0.25) is 5.91 Å². The standard InChI is InChI=1S/C12H18N4O/c1-13-9-5-6-16-11(15(2)12(9)17)7-10(14-16)8-3-4-8/h7-9,13H,3-6H2,1-2H3/t9-/m1/s1. The van der Waals surface area contributed by atoms with Crippen molar-refractivity contribution in [1.29, 1.82) is 0 Å². The Labute approximate surface area is 101 Å². The highest BCUT2D eigenvalue weighted by Gasteiger charge is 2.32. The number of carbonyl (C=O) groups is 1. The summed E-state index contributed by atoms with van der Waals surface area (Å²) in [6.45, 7) is 0.809. The van der Waals surface area contributed by atoms with Crippen molar-refractivity contribution in [2.45, 2.75) is 37.8 Å². The van der Waals surface area contributed by atoms with E-state index in [9.17, 15) is 4.79 Å². The van der Waals surface area contributed by atoms with E-state index in [2.05, 4.69) is 16.5 Å². The zero-order valence-electron chi connectivity index (χ0n) is 10.3. The molecule has 17 heavy (non-hydrogen) atoms. The van der Waals surface area contributed by atoms with E-state index in [0.717, 1.165) is 24.5 Å². The van der Waals surface area contributed by atoms with Crippen LogP contribution in [0.4, 0.5) is 5.82 Å². The number of likely N-dealkylation sites (N-methyl/N-ethyl adjacent to an activating group) is 2. The van der Waals surface area contributed by atoms with Gasteiger partial charge in [-0.15, -0.1) is 0 Å². The van der Waals surface area contributed by atoms with Gasteiger partial charge in [0.05, 0.1) is 11.7 Å². The van der Waals surface area contributed by atoms with Crippen LogP contribution >= 0.6 is 0 Å². The average molecular weight is 234 g/mol. The monoisotopic (exact) mass is 234 g/mol. The summed E-state index contributed by atoms with van der Waals surface area (Å²) in [4.78, 5) is 13.9. The van der Waals surface area contributed by atoms with Crippen LogP contribution in [0.3, 0.4) is 0 Å². The maximum Gasteiger partial charge on any atom is 0.245 e. The predicted octanol–water partition coefficient (Wildman–Crippen LogP) is 0.715. The first-order chi connectivity index (χ1) is 8.20. The summed E-state index contributed by atoms with van der Waals surface area (Å²) in [6, 6.07) is 1.99. The normalized spacial score (nSPS) is 24.7. The van der Waals surface area contributed by atoms with Gasteiger partial charge in [-0.25, -0.2) is 4.68 Å². The highest BCUT2D eigenvalue weighted by atomic mass is 16.2. The number of nitrogens with one attached hydrogen (secondary N) is 1. The molecule has 1 N–H and O–H groups in total. The lowest BCUT2D eigenvalue weighted by molar-refractivity contribution is -0.120. The molecule has 0 radical (unpaired) electrons. The summed E-state index contributed by atoms with van der Waals surface area (Å²) < 4.78 is 1.98. The molecule has 5 nitrogen and oxygen atoms in total. The van der Waals surface area contributed by atoms with Crippen molar-refractivity contribution >= 4 is 11.7 Å². The summed E-state index contributed by atoms with van der Waals surface area (Å²) in [7, 11) is 3.67. The Balaban J connectivity index is 1.93. The Bertz CT molecular complexity index is 449. The molecule has 0 aromatic carbocycles. The number of hydrogen-bond donors (Lipinski definition) is 1. The predicted molar refractivity (Wildman–Crippen MR) is 65.1 cm³/mol. The van der Waals surface area contributed by atoms with Crippen LogP contribution in [-0.4, -0.2) is 35.8 Å². The highest BCUT2D eigenvalue weighted by Crippen LogP contribution is 2.40. The maximum absolute atomic E-state index is 12.2. The number of carbonyl (C=O) groups excluding carboxylic acids is 1. The zero-order valence-corrected chi connectivity index (χ0v) is 10.3. The number of hydrogen-bond acceptors (Lipinski definition) is 3. The van der Waals surface area contributed by atoms with Gasteiger partial charge < -0.3 is 5.32 Å². The molecular formula is C12H18N4O. The molecule has 1 fully saturated rings. The number of aromatic nitrogens is 2. The van der Waals surface area contributed by atoms with Gasteiger partial charge in [0, 0.05) is 25.6 Å². The minimum atomic E-state index is -0.0916. The molecule has 0 saturated heterocycles. The second-order valence-corrected chi connectivity index (χ2v) is 4.95. The van der Waals surface area contributed by atoms with Gasteiger partial charge in [0.1, 0.15) is 5.82 Å². The number of aryl methyl sites for hydroxylation is 1. The van der Waals surface area contributed by atoms with Gasteiger partial charge in [0.25, 0.3) is 0 Å². The van der Waals surface area contributed by atoms with E-state index in [1.807, 2.05) is 18.8 Å². The Morgan fingerprint density at radius 1 is 1.41 bits per heavy atom. The summed E-state index contributed by atoms with van der Waals surface area (Å²) in [5.74, 6) is 1.71. The molecule has 2 aliphatic rings. The lowest BCUT2D eigenvalue weighted by Crippen LogP contribution is -2.42. The van der Waals surface area contributed by atoms with Gasteiger partial charge in [-0.05, 0) is 26.3 Å². The van der Waals surface area contributed by atoms with E-state index in [0.29, 0.717) is 5.92 Å². The summed E-state index contributed by atoms with van der Waals surface area (Å²) in [6.07, 6.45) is 3.29. The van der Waals surface area contributed by atoms with E-state index in [-0.39, 0.29) is 11.9 Å². The first-order valence-corrected chi connectivity index (χ1v) is 6.23. The zero-order chi connectivity index (χ0) is 12.0. The molecule has 1 aliphatic carbocycles. The summed E-state index contributed by atoms with van der Waals surface area (Å²) in [5, 5.41) is 7.69. The fraction of sp³-hybridized carbons (Fsp3) is 0.667. The van der Waals surface area contributed by atoms with Crippen LogP contribution in [0.5, 0.6) is 0 Å². The molecule has 0 spiro atoms. The van der Waals surface area contributed by atoms with Gasteiger partial charge in [-0.2, -0.15) is 5.10 Å². The van der Waals surface area contributed by atoms with Crippen LogP contribution in [0.25, 0.3) is 0 Å². The van der Waals surface area contributed by atoms with Crippen molar-refractivity contribution in [2.75, 3.05) is 19.0 Å². The Hall–Kier alpha value is -1.36. The van der Waals surface area contributed by atoms with Crippen LogP contribution in [-0.2, 0) is 11.3 Å². The number of amides is 1. The molecule has 92 valence electrons. The van der Waals surface area contributed by atoms with Crippen molar-refractivity contribution in [3.63, 3.8) is 0 Å². The molecule has 5 heteroatoms. The SMILES string of the molecule is CN[C@@H]1CCn2nc(C3CC3)cc2N(C)C1=O. The number of anilines is 1. The molecule has 1 aromatic rings. The molecule has 2 heterocycles. The van der Waals surface area contributed by atoms with Gasteiger partial charge in [-0.1, -0.05) is 0 Å². The lowest BCUT2D eigenvalue weighted by Gasteiger charge is -2.18. The van der Waals surface area contributed by atoms with E-state index >= 15 is 0 Å². The van der Waals surface area contributed by atoms with Crippen LogP contribution in [0.2, 0.25) is 0 Å². The van der Waals surface area contributed by atoms with Gasteiger partial charge in [0.15, 0.2) is 0 Å². The third-order valence-corrected chi connectivity index (χ3v) is 3.72. The third kappa shape index (κ3) is 1.74. The number of fused-ring (bicyclic) bond motifs is 1. The van der Waals surface area contributed by atoms with E-state index in [4.69, 9.17) is 0 Å². The fourth-order valence-corrected chi connectivity index (χ4v) is 2.43. The molecular weight excluding hydrogens is 216 g/mol. The molecule has 0 unspecified atom stereocenters. The quantitative estimate of drug-likeness (QED) is 0.820. The molecule has 1 aliphatic heterocycles. The molecule has 1 amide bonds. The van der Waals surface area contributed by atoms with Gasteiger partial charge >= 0.3 is 0 Å². The van der Waals surface area contributed by atoms with Crippen LogP contribution < -0.4 is 10.2 Å². The Morgan fingerprint density at radius 2 is 2.18 bits per heavy atom. The second-order valence-electron chi connectivity index (χ2n) is 4.95.